The lowest BCUT2D eigenvalue weighted by Gasteiger charge is -2.60. The van der Waals surface area contributed by atoms with Gasteiger partial charge in [-0.25, -0.2) is 0 Å². The van der Waals surface area contributed by atoms with Crippen LogP contribution in [0.5, 0.6) is 0 Å². The zero-order valence-corrected chi connectivity index (χ0v) is 13.7. The summed E-state index contributed by atoms with van der Waals surface area (Å²) in [6.45, 7) is 4.92. The summed E-state index contributed by atoms with van der Waals surface area (Å²) in [7, 11) is 0. The lowest BCUT2D eigenvalue weighted by atomic mass is 9.45. The first-order valence-corrected chi connectivity index (χ1v) is 9.19. The van der Waals surface area contributed by atoms with Gasteiger partial charge in [-0.15, -0.1) is 0 Å². The van der Waals surface area contributed by atoms with E-state index in [1.54, 1.807) is 0 Å². The van der Waals surface area contributed by atoms with Gasteiger partial charge in [0.05, 0.1) is 6.10 Å². The first kappa shape index (κ1) is 14.2. The Morgan fingerprint density at radius 2 is 1.71 bits per heavy atom. The van der Waals surface area contributed by atoms with Crippen LogP contribution in [0.3, 0.4) is 0 Å². The minimum atomic E-state index is -0.0477. The molecule has 7 atom stereocenters. The van der Waals surface area contributed by atoms with E-state index >= 15 is 0 Å². The van der Waals surface area contributed by atoms with Gasteiger partial charge >= 0.3 is 0 Å². The summed E-state index contributed by atoms with van der Waals surface area (Å²) in [5.41, 5.74) is 1.71. The van der Waals surface area contributed by atoms with Crippen LogP contribution >= 0.6 is 0 Å². The third-order valence-electron chi connectivity index (χ3n) is 8.47. The first-order valence-electron chi connectivity index (χ1n) is 9.19. The van der Waals surface area contributed by atoms with E-state index in [1.807, 2.05) is 0 Å². The maximum Gasteiger partial charge on any atom is 0.0596 e. The van der Waals surface area contributed by atoms with Crippen LogP contribution in [-0.4, -0.2) is 16.9 Å². The molecule has 0 radical (unpaired) electrons. The number of aliphatic hydroxyl groups is 1. The van der Waals surface area contributed by atoms with E-state index in [2.05, 4.69) is 13.8 Å². The van der Waals surface area contributed by atoms with Crippen molar-refractivity contribution in [2.45, 2.75) is 77.7 Å². The van der Waals surface area contributed by atoms with E-state index in [0.29, 0.717) is 5.41 Å². The Balaban J connectivity index is 1.64. The molecule has 2 N–H and O–H groups in total. The van der Waals surface area contributed by atoms with Gasteiger partial charge in [0, 0.05) is 5.71 Å². The van der Waals surface area contributed by atoms with E-state index < -0.39 is 0 Å². The van der Waals surface area contributed by atoms with Crippen molar-refractivity contribution in [1.82, 2.24) is 0 Å². The predicted molar refractivity (Wildman–Crippen MR) is 85.5 cm³/mol. The molecule has 2 nitrogen and oxygen atoms in total. The zero-order valence-electron chi connectivity index (χ0n) is 13.7. The summed E-state index contributed by atoms with van der Waals surface area (Å²) >= 11 is 0. The van der Waals surface area contributed by atoms with Crippen LogP contribution in [0.4, 0.5) is 0 Å². The SMILES string of the molecule is C[C@]12CCC(=N)CC1CCC1C2CC[C@@]2(C)C1CC[C@H]2O. The van der Waals surface area contributed by atoms with Crippen LogP contribution in [0, 0.1) is 39.9 Å². The van der Waals surface area contributed by atoms with Crippen LogP contribution in [0.2, 0.25) is 0 Å². The first-order chi connectivity index (χ1) is 9.95. The van der Waals surface area contributed by atoms with E-state index in [4.69, 9.17) is 5.41 Å². The third-order valence-corrected chi connectivity index (χ3v) is 8.47. The van der Waals surface area contributed by atoms with Gasteiger partial charge in [-0.3, -0.25) is 0 Å². The Hall–Kier alpha value is -0.370. The Bertz CT molecular complexity index is 460. The highest BCUT2D eigenvalue weighted by atomic mass is 16.3. The van der Waals surface area contributed by atoms with Gasteiger partial charge in [0.2, 0.25) is 0 Å². The van der Waals surface area contributed by atoms with Gasteiger partial charge in [-0.2, -0.15) is 0 Å². The summed E-state index contributed by atoms with van der Waals surface area (Å²) < 4.78 is 0. The van der Waals surface area contributed by atoms with Gasteiger partial charge in [0.25, 0.3) is 0 Å². The summed E-state index contributed by atoms with van der Waals surface area (Å²) in [6.07, 6.45) is 10.9. The van der Waals surface area contributed by atoms with Crippen molar-refractivity contribution >= 4 is 5.71 Å². The highest BCUT2D eigenvalue weighted by Gasteiger charge is 2.59. The molecule has 4 aliphatic carbocycles. The van der Waals surface area contributed by atoms with Crippen LogP contribution < -0.4 is 0 Å². The minimum Gasteiger partial charge on any atom is -0.393 e. The third kappa shape index (κ3) is 1.84. The maximum atomic E-state index is 10.5. The maximum absolute atomic E-state index is 10.5. The van der Waals surface area contributed by atoms with Gasteiger partial charge in [0.15, 0.2) is 0 Å². The summed E-state index contributed by atoms with van der Waals surface area (Å²) in [5.74, 6) is 3.27. The highest BCUT2D eigenvalue weighted by Crippen LogP contribution is 2.65. The average Bonchev–Trinajstić information content (AvgIpc) is 2.76. The Morgan fingerprint density at radius 1 is 0.952 bits per heavy atom. The normalized spacial score (nSPS) is 56.5. The van der Waals surface area contributed by atoms with Gasteiger partial charge < -0.3 is 10.5 Å². The fourth-order valence-corrected chi connectivity index (χ4v) is 7.05. The molecule has 4 fully saturated rings. The van der Waals surface area contributed by atoms with E-state index in [0.717, 1.165) is 48.6 Å². The Morgan fingerprint density at radius 3 is 2.52 bits per heavy atom. The second-order valence-electron chi connectivity index (χ2n) is 9.10. The van der Waals surface area contributed by atoms with Crippen molar-refractivity contribution in [1.29, 1.82) is 5.41 Å². The van der Waals surface area contributed by atoms with Crippen molar-refractivity contribution in [2.75, 3.05) is 0 Å². The molecule has 21 heavy (non-hydrogen) atoms. The fraction of sp³-hybridized carbons (Fsp3) is 0.947. The van der Waals surface area contributed by atoms with Gasteiger partial charge in [0.1, 0.15) is 0 Å². The molecule has 0 aromatic rings. The molecule has 0 bridgehead atoms. The molecule has 0 spiro atoms. The highest BCUT2D eigenvalue weighted by molar-refractivity contribution is 5.82. The molecule has 118 valence electrons. The van der Waals surface area contributed by atoms with Crippen molar-refractivity contribution < 1.29 is 5.11 Å². The Kier molecular flexibility index (Phi) is 3.10. The second-order valence-corrected chi connectivity index (χ2v) is 9.10. The van der Waals surface area contributed by atoms with Crippen molar-refractivity contribution in [3.05, 3.63) is 0 Å². The summed E-state index contributed by atoms with van der Waals surface area (Å²) in [5, 5.41) is 18.5. The zero-order chi connectivity index (χ0) is 14.8. The lowest BCUT2D eigenvalue weighted by Crippen LogP contribution is -2.54. The number of nitrogens with one attached hydrogen (secondary N) is 1. The quantitative estimate of drug-likeness (QED) is 0.681. The van der Waals surface area contributed by atoms with E-state index in [9.17, 15) is 5.11 Å². The molecule has 4 rings (SSSR count). The molecule has 4 unspecified atom stereocenters. The summed E-state index contributed by atoms with van der Waals surface area (Å²) in [6, 6.07) is 0. The fourth-order valence-electron chi connectivity index (χ4n) is 7.05. The molecule has 0 aliphatic heterocycles. The number of hydrogen-bond acceptors (Lipinski definition) is 2. The molecule has 2 heteroatoms. The van der Waals surface area contributed by atoms with Crippen LogP contribution in [0.1, 0.15) is 71.6 Å². The lowest BCUT2D eigenvalue weighted by molar-refractivity contribution is -0.112. The molecular weight excluding hydrogens is 258 g/mol. The van der Waals surface area contributed by atoms with Crippen molar-refractivity contribution in [2.24, 2.45) is 34.5 Å². The number of hydrogen-bond donors (Lipinski definition) is 2. The van der Waals surface area contributed by atoms with Crippen LogP contribution in [0.25, 0.3) is 0 Å². The number of fused-ring (bicyclic) bond motifs is 5. The number of aliphatic hydroxyl groups excluding tert-OH is 1. The van der Waals surface area contributed by atoms with E-state index in [1.165, 1.54) is 38.5 Å². The average molecular weight is 289 g/mol. The van der Waals surface area contributed by atoms with Gasteiger partial charge in [-0.1, -0.05) is 13.8 Å². The molecule has 4 aliphatic rings. The van der Waals surface area contributed by atoms with Crippen molar-refractivity contribution in [3.63, 3.8) is 0 Å². The number of rotatable bonds is 0. The second kappa shape index (κ2) is 4.57. The monoisotopic (exact) mass is 289 g/mol. The van der Waals surface area contributed by atoms with Crippen molar-refractivity contribution in [3.8, 4) is 0 Å². The Labute approximate surface area is 129 Å². The molecule has 4 saturated carbocycles. The minimum absolute atomic E-state index is 0.0477. The van der Waals surface area contributed by atoms with E-state index in [-0.39, 0.29) is 11.5 Å². The molecule has 0 aromatic heterocycles. The van der Waals surface area contributed by atoms with Crippen LogP contribution in [-0.2, 0) is 0 Å². The largest absolute Gasteiger partial charge is 0.393 e. The molecule has 0 heterocycles. The molecular formula is C19H31NO. The van der Waals surface area contributed by atoms with Crippen LogP contribution in [0.15, 0.2) is 0 Å². The standard InChI is InChI=1S/C19H31NO/c1-18-9-7-13(20)11-12(18)3-4-14-15-5-6-17(21)19(15,2)10-8-16(14)18/h12,14-17,20-21H,3-11H2,1-2H3/t12?,14?,15?,16?,17-,18+,19+/m1/s1. The smallest absolute Gasteiger partial charge is 0.0596 e. The molecule has 0 aromatic carbocycles. The predicted octanol–water partition coefficient (Wildman–Crippen LogP) is 4.41. The topological polar surface area (TPSA) is 44.1 Å². The molecule has 0 saturated heterocycles. The van der Waals surface area contributed by atoms with Gasteiger partial charge in [-0.05, 0) is 92.3 Å². The molecule has 0 amide bonds. The summed E-state index contributed by atoms with van der Waals surface area (Å²) in [4.78, 5) is 0.